The van der Waals surface area contributed by atoms with Crippen LogP contribution in [-0.4, -0.2) is 11.7 Å². The Bertz CT molecular complexity index is 607. The first kappa shape index (κ1) is 13.3. The van der Waals surface area contributed by atoms with Gasteiger partial charge in [-0.3, -0.25) is 4.79 Å². The summed E-state index contributed by atoms with van der Waals surface area (Å²) in [7, 11) is 1.63. The Morgan fingerprint density at radius 2 is 2.11 bits per heavy atom. The summed E-state index contributed by atoms with van der Waals surface area (Å²) in [4.78, 5) is 11.5. The molecule has 0 aliphatic rings. The van der Waals surface area contributed by atoms with Gasteiger partial charge in [0, 0.05) is 18.8 Å². The minimum Gasteiger partial charge on any atom is -0.497 e. The molecule has 0 aliphatic heterocycles. The summed E-state index contributed by atoms with van der Waals surface area (Å²) in [6, 6.07) is 10.2. The van der Waals surface area contributed by atoms with Crippen LogP contribution in [-0.2, 0) is 13.0 Å². The maximum absolute atomic E-state index is 13.0. The lowest BCUT2D eigenvalue weighted by Gasteiger charge is -2.06. The van der Waals surface area contributed by atoms with Crippen LogP contribution >= 0.6 is 0 Å². The number of pyridine rings is 1. The van der Waals surface area contributed by atoms with Gasteiger partial charge in [-0.25, -0.2) is 4.39 Å². The molecule has 0 bridgehead atoms. The van der Waals surface area contributed by atoms with Crippen LogP contribution in [0.15, 0.2) is 47.4 Å². The summed E-state index contributed by atoms with van der Waals surface area (Å²) in [5, 5.41) is 0. The maximum atomic E-state index is 13.0. The van der Waals surface area contributed by atoms with Crippen molar-refractivity contribution in [3.63, 3.8) is 0 Å². The van der Waals surface area contributed by atoms with Crippen LogP contribution in [0.4, 0.5) is 4.39 Å². The number of hydrogen-bond acceptors (Lipinski definition) is 2. The van der Waals surface area contributed by atoms with Gasteiger partial charge >= 0.3 is 0 Å². The minimum absolute atomic E-state index is 0.174. The van der Waals surface area contributed by atoms with Crippen LogP contribution < -0.4 is 10.3 Å². The standard InChI is InChI=1S/C15H16FNO2/c1-19-14-6-2-4-12(10-14)5-3-9-17-11-13(16)7-8-15(17)18/h2,4,6-8,10-11H,3,5,9H2,1H3. The fraction of sp³-hybridized carbons (Fsp3) is 0.267. The molecule has 1 aromatic carbocycles. The zero-order valence-corrected chi connectivity index (χ0v) is 10.8. The van der Waals surface area contributed by atoms with Gasteiger partial charge < -0.3 is 9.30 Å². The Hall–Kier alpha value is -2.10. The summed E-state index contributed by atoms with van der Waals surface area (Å²) < 4.78 is 19.6. The largest absolute Gasteiger partial charge is 0.497 e. The molecule has 0 aliphatic carbocycles. The normalized spacial score (nSPS) is 10.4. The maximum Gasteiger partial charge on any atom is 0.250 e. The van der Waals surface area contributed by atoms with E-state index in [9.17, 15) is 9.18 Å². The molecule has 0 unspecified atom stereocenters. The number of methoxy groups -OCH3 is 1. The second-order valence-electron chi connectivity index (χ2n) is 4.33. The number of benzene rings is 1. The third-order valence-electron chi connectivity index (χ3n) is 2.95. The molecule has 0 fully saturated rings. The molecule has 3 nitrogen and oxygen atoms in total. The Morgan fingerprint density at radius 3 is 2.89 bits per heavy atom. The average molecular weight is 261 g/mol. The molecule has 0 saturated heterocycles. The minimum atomic E-state index is -0.388. The third-order valence-corrected chi connectivity index (χ3v) is 2.95. The number of halogens is 1. The highest BCUT2D eigenvalue weighted by molar-refractivity contribution is 5.28. The van der Waals surface area contributed by atoms with Gasteiger partial charge in [0.25, 0.3) is 5.56 Å². The lowest BCUT2D eigenvalue weighted by molar-refractivity contribution is 0.414. The molecular weight excluding hydrogens is 245 g/mol. The van der Waals surface area contributed by atoms with Crippen molar-refractivity contribution in [2.45, 2.75) is 19.4 Å². The summed E-state index contributed by atoms with van der Waals surface area (Å²) in [6.07, 6.45) is 2.84. The Balaban J connectivity index is 1.96. The van der Waals surface area contributed by atoms with Gasteiger partial charge in [0.2, 0.25) is 0 Å². The number of ether oxygens (including phenoxy) is 1. The number of hydrogen-bond donors (Lipinski definition) is 0. The zero-order chi connectivity index (χ0) is 13.7. The van der Waals surface area contributed by atoms with E-state index >= 15 is 0 Å². The monoisotopic (exact) mass is 261 g/mol. The first-order chi connectivity index (χ1) is 9.19. The van der Waals surface area contributed by atoms with E-state index in [1.165, 1.54) is 22.9 Å². The first-order valence-electron chi connectivity index (χ1n) is 6.18. The highest BCUT2D eigenvalue weighted by Crippen LogP contribution is 2.14. The van der Waals surface area contributed by atoms with Crippen molar-refractivity contribution in [1.82, 2.24) is 4.57 Å². The summed E-state index contributed by atoms with van der Waals surface area (Å²) in [6.45, 7) is 0.508. The van der Waals surface area contributed by atoms with Crippen molar-refractivity contribution in [2.24, 2.45) is 0 Å². The van der Waals surface area contributed by atoms with Crippen LogP contribution in [0.5, 0.6) is 5.75 Å². The summed E-state index contributed by atoms with van der Waals surface area (Å²) in [5.41, 5.74) is 0.968. The molecule has 0 saturated carbocycles. The number of aromatic nitrogens is 1. The zero-order valence-electron chi connectivity index (χ0n) is 10.8. The molecule has 2 rings (SSSR count). The van der Waals surface area contributed by atoms with Crippen LogP contribution in [0.1, 0.15) is 12.0 Å². The summed E-state index contributed by atoms with van der Waals surface area (Å²) >= 11 is 0. The van der Waals surface area contributed by atoms with E-state index in [1.807, 2.05) is 24.3 Å². The fourth-order valence-electron chi connectivity index (χ4n) is 1.96. The van der Waals surface area contributed by atoms with E-state index in [1.54, 1.807) is 7.11 Å². The molecule has 4 heteroatoms. The van der Waals surface area contributed by atoms with E-state index in [0.29, 0.717) is 6.54 Å². The van der Waals surface area contributed by atoms with E-state index in [4.69, 9.17) is 4.74 Å². The van der Waals surface area contributed by atoms with Crippen molar-refractivity contribution in [2.75, 3.05) is 7.11 Å². The molecule has 0 N–H and O–H groups in total. The topological polar surface area (TPSA) is 31.2 Å². The van der Waals surface area contributed by atoms with Gasteiger partial charge in [-0.05, 0) is 36.6 Å². The Morgan fingerprint density at radius 1 is 1.26 bits per heavy atom. The van der Waals surface area contributed by atoms with Crippen molar-refractivity contribution < 1.29 is 9.13 Å². The van der Waals surface area contributed by atoms with Gasteiger partial charge in [0.1, 0.15) is 11.6 Å². The molecule has 2 aromatic rings. The predicted molar refractivity (Wildman–Crippen MR) is 72.0 cm³/mol. The molecule has 1 aromatic heterocycles. The third kappa shape index (κ3) is 3.68. The van der Waals surface area contributed by atoms with E-state index in [-0.39, 0.29) is 11.4 Å². The second-order valence-corrected chi connectivity index (χ2v) is 4.33. The lowest BCUT2D eigenvalue weighted by atomic mass is 10.1. The molecular formula is C15H16FNO2. The van der Waals surface area contributed by atoms with Gasteiger partial charge in [-0.1, -0.05) is 12.1 Å². The van der Waals surface area contributed by atoms with Crippen LogP contribution in [0, 0.1) is 5.82 Å². The first-order valence-corrected chi connectivity index (χ1v) is 6.18. The molecule has 19 heavy (non-hydrogen) atoms. The number of aryl methyl sites for hydroxylation is 2. The van der Waals surface area contributed by atoms with Gasteiger partial charge in [-0.15, -0.1) is 0 Å². The second kappa shape index (κ2) is 6.18. The number of rotatable bonds is 5. The van der Waals surface area contributed by atoms with Gasteiger partial charge in [0.15, 0.2) is 0 Å². The molecule has 1 heterocycles. The van der Waals surface area contributed by atoms with Crippen molar-refractivity contribution in [3.8, 4) is 5.75 Å². The highest BCUT2D eigenvalue weighted by Gasteiger charge is 2.00. The van der Waals surface area contributed by atoms with Gasteiger partial charge in [0.05, 0.1) is 7.11 Å². The van der Waals surface area contributed by atoms with Crippen LogP contribution in [0.25, 0.3) is 0 Å². The van der Waals surface area contributed by atoms with Crippen molar-refractivity contribution in [1.29, 1.82) is 0 Å². The Kier molecular flexibility index (Phi) is 4.34. The van der Waals surface area contributed by atoms with Crippen molar-refractivity contribution in [3.05, 3.63) is 64.3 Å². The average Bonchev–Trinajstić information content (AvgIpc) is 2.43. The van der Waals surface area contributed by atoms with E-state index < -0.39 is 0 Å². The van der Waals surface area contributed by atoms with Gasteiger partial charge in [-0.2, -0.15) is 0 Å². The highest BCUT2D eigenvalue weighted by atomic mass is 19.1. The smallest absolute Gasteiger partial charge is 0.250 e. The quantitative estimate of drug-likeness (QED) is 0.828. The predicted octanol–water partition coefficient (Wildman–Crippen LogP) is 2.63. The van der Waals surface area contributed by atoms with Crippen molar-refractivity contribution >= 4 is 0 Å². The van der Waals surface area contributed by atoms with Crippen LogP contribution in [0.3, 0.4) is 0 Å². The molecule has 100 valence electrons. The fourth-order valence-corrected chi connectivity index (χ4v) is 1.96. The summed E-state index contributed by atoms with van der Waals surface area (Å²) in [5.74, 6) is 0.432. The lowest BCUT2D eigenvalue weighted by Crippen LogP contribution is -2.19. The molecule has 0 amide bonds. The van der Waals surface area contributed by atoms with Crippen LogP contribution in [0.2, 0.25) is 0 Å². The Labute approximate surface area is 111 Å². The molecule has 0 spiro atoms. The molecule has 0 radical (unpaired) electrons. The molecule has 0 atom stereocenters. The SMILES string of the molecule is COc1cccc(CCCn2cc(F)ccc2=O)c1. The van der Waals surface area contributed by atoms with E-state index in [2.05, 4.69) is 0 Å². The number of nitrogens with zero attached hydrogens (tertiary/aromatic N) is 1. The van der Waals surface area contributed by atoms with E-state index in [0.717, 1.165) is 24.2 Å².